The lowest BCUT2D eigenvalue weighted by Gasteiger charge is -2.44. The fourth-order valence-electron chi connectivity index (χ4n) is 4.36. The minimum atomic E-state index is -1.41. The maximum Gasteiger partial charge on any atom is 0.327 e. The second-order valence-corrected chi connectivity index (χ2v) is 11.0. The molecule has 0 saturated carbocycles. The molecule has 5 amide bonds. The number of β-lactam (4-membered cyclic amide) rings is 1. The zero-order valence-corrected chi connectivity index (χ0v) is 20.9. The van der Waals surface area contributed by atoms with E-state index in [-0.39, 0.29) is 16.9 Å². The molecule has 0 radical (unpaired) electrons. The number of carboxylic acids is 1. The van der Waals surface area contributed by atoms with Crippen LogP contribution in [0.1, 0.15) is 35.8 Å². The van der Waals surface area contributed by atoms with Crippen LogP contribution in [0.4, 0.5) is 4.79 Å². The van der Waals surface area contributed by atoms with Gasteiger partial charge in [-0.25, -0.2) is 9.59 Å². The molecule has 2 heterocycles. The van der Waals surface area contributed by atoms with Crippen molar-refractivity contribution < 1.29 is 44.4 Å². The van der Waals surface area contributed by atoms with Crippen molar-refractivity contribution in [1.82, 2.24) is 20.9 Å². The summed E-state index contributed by atoms with van der Waals surface area (Å²) in [5.74, 6) is -4.62. The Hall–Kier alpha value is -4.46. The lowest BCUT2D eigenvalue weighted by molar-refractivity contribution is -0.161. The van der Waals surface area contributed by atoms with Crippen LogP contribution in [-0.4, -0.2) is 77.3 Å². The van der Waals surface area contributed by atoms with Gasteiger partial charge in [0.15, 0.2) is 11.5 Å². The van der Waals surface area contributed by atoms with E-state index in [2.05, 4.69) is 10.6 Å². The number of phenols is 3. The molecule has 2 aromatic carbocycles. The standard InChI is InChI=1S/C24H24N4O9S/c1-24(2)17(22(35)36)28-20(34)16(21(28)38-24)25-19(33)15(10-3-6-12(29)7-4-10)26-23(37)27-18(32)11-5-8-13(30)14(31)9-11/h3-9,15-17,21,29-31H,1-2H3,(H,25,33)(H,35,36)(H2,26,27,32,37)/t15?,16-,17+,21-/m1/s1. The maximum atomic E-state index is 13.3. The molecule has 2 aliphatic heterocycles. The number of hydrogen-bond donors (Lipinski definition) is 7. The fraction of sp³-hybridized carbons (Fsp3) is 0.292. The number of hydrogen-bond acceptors (Lipinski definition) is 9. The second kappa shape index (κ2) is 9.78. The van der Waals surface area contributed by atoms with E-state index in [1.165, 1.54) is 47.0 Å². The van der Waals surface area contributed by atoms with Gasteiger partial charge in [-0.05, 0) is 49.7 Å². The van der Waals surface area contributed by atoms with Gasteiger partial charge in [-0.2, -0.15) is 0 Å². The highest BCUT2D eigenvalue weighted by Crippen LogP contribution is 2.50. The second-order valence-electron chi connectivity index (χ2n) is 9.24. The highest BCUT2D eigenvalue weighted by atomic mass is 32.2. The molecule has 0 aromatic heterocycles. The van der Waals surface area contributed by atoms with Crippen LogP contribution < -0.4 is 16.0 Å². The first-order chi connectivity index (χ1) is 17.8. The van der Waals surface area contributed by atoms with Gasteiger partial charge in [-0.1, -0.05) is 12.1 Å². The van der Waals surface area contributed by atoms with Crippen LogP contribution in [0.3, 0.4) is 0 Å². The molecule has 4 rings (SSSR count). The largest absolute Gasteiger partial charge is 0.508 e. The van der Waals surface area contributed by atoms with E-state index in [1.54, 1.807) is 13.8 Å². The third kappa shape index (κ3) is 4.89. The Labute approximate surface area is 219 Å². The average molecular weight is 545 g/mol. The summed E-state index contributed by atoms with van der Waals surface area (Å²) in [6, 6.07) is 3.86. The number of carbonyl (C=O) groups excluding carboxylic acids is 4. The molecule has 2 aromatic rings. The number of rotatable bonds is 6. The topological polar surface area (TPSA) is 206 Å². The van der Waals surface area contributed by atoms with E-state index in [0.29, 0.717) is 0 Å². The molecule has 200 valence electrons. The molecule has 2 fully saturated rings. The Kier molecular flexibility index (Phi) is 6.84. The smallest absolute Gasteiger partial charge is 0.327 e. The first kappa shape index (κ1) is 26.6. The van der Waals surface area contributed by atoms with E-state index < -0.39 is 69.5 Å². The molecule has 2 saturated heterocycles. The predicted molar refractivity (Wildman–Crippen MR) is 132 cm³/mol. The molecule has 1 unspecified atom stereocenters. The Morgan fingerprint density at radius 3 is 2.26 bits per heavy atom. The van der Waals surface area contributed by atoms with Gasteiger partial charge in [-0.3, -0.25) is 19.7 Å². The van der Waals surface area contributed by atoms with Crippen molar-refractivity contribution in [2.24, 2.45) is 0 Å². The molecule has 38 heavy (non-hydrogen) atoms. The number of aromatic hydroxyl groups is 3. The third-order valence-electron chi connectivity index (χ3n) is 6.20. The zero-order chi connectivity index (χ0) is 27.9. The zero-order valence-electron chi connectivity index (χ0n) is 20.0. The summed E-state index contributed by atoms with van der Waals surface area (Å²) in [5.41, 5.74) is 0.0757. The number of urea groups is 1. The van der Waals surface area contributed by atoms with Gasteiger partial charge in [0.25, 0.3) is 5.91 Å². The summed E-state index contributed by atoms with van der Waals surface area (Å²) in [5, 5.41) is 44.5. The predicted octanol–water partition coefficient (Wildman–Crippen LogP) is 0.616. The van der Waals surface area contributed by atoms with Gasteiger partial charge in [0.1, 0.15) is 29.2 Å². The molecule has 0 aliphatic carbocycles. The number of phenolic OH excluding ortho intramolecular Hbond substituents is 3. The number of thioether (sulfide) groups is 1. The summed E-state index contributed by atoms with van der Waals surface area (Å²) in [4.78, 5) is 64.0. The van der Waals surface area contributed by atoms with Crippen LogP contribution in [-0.2, 0) is 14.4 Å². The van der Waals surface area contributed by atoms with Gasteiger partial charge in [-0.15, -0.1) is 11.8 Å². The van der Waals surface area contributed by atoms with Crippen LogP contribution in [0.2, 0.25) is 0 Å². The molecular formula is C24H24N4O9S. The van der Waals surface area contributed by atoms with E-state index in [1.807, 2.05) is 5.32 Å². The van der Waals surface area contributed by atoms with Crippen molar-refractivity contribution in [1.29, 1.82) is 0 Å². The van der Waals surface area contributed by atoms with Crippen LogP contribution in [0, 0.1) is 0 Å². The van der Waals surface area contributed by atoms with Crippen molar-refractivity contribution in [2.45, 2.75) is 42.1 Å². The summed E-state index contributed by atoms with van der Waals surface area (Å²) < 4.78 is -0.802. The molecular weight excluding hydrogens is 520 g/mol. The summed E-state index contributed by atoms with van der Waals surface area (Å²) >= 11 is 1.23. The summed E-state index contributed by atoms with van der Waals surface area (Å²) in [7, 11) is 0. The quantitative estimate of drug-likeness (QED) is 0.199. The number of benzene rings is 2. The lowest BCUT2D eigenvalue weighted by atomic mass is 9.95. The molecule has 14 heteroatoms. The van der Waals surface area contributed by atoms with E-state index in [9.17, 15) is 44.4 Å². The maximum absolute atomic E-state index is 13.3. The van der Waals surface area contributed by atoms with Crippen LogP contribution in [0.15, 0.2) is 42.5 Å². The molecule has 0 spiro atoms. The number of fused-ring (bicyclic) bond motifs is 1. The molecule has 2 aliphatic rings. The Balaban J connectivity index is 1.50. The Morgan fingerprint density at radius 1 is 1.00 bits per heavy atom. The molecule has 13 nitrogen and oxygen atoms in total. The van der Waals surface area contributed by atoms with E-state index >= 15 is 0 Å². The lowest BCUT2D eigenvalue weighted by Crippen LogP contribution is -2.71. The minimum absolute atomic E-state index is 0.103. The van der Waals surface area contributed by atoms with E-state index in [0.717, 1.165) is 12.1 Å². The number of carbonyl (C=O) groups is 5. The van der Waals surface area contributed by atoms with Crippen molar-refractivity contribution in [2.75, 3.05) is 0 Å². The van der Waals surface area contributed by atoms with Gasteiger partial charge in [0.2, 0.25) is 11.8 Å². The van der Waals surface area contributed by atoms with Crippen LogP contribution in [0.25, 0.3) is 0 Å². The van der Waals surface area contributed by atoms with Crippen molar-refractivity contribution >= 4 is 41.5 Å². The summed E-state index contributed by atoms with van der Waals surface area (Å²) in [6.07, 6.45) is 0. The fourth-order valence-corrected chi connectivity index (χ4v) is 5.98. The summed E-state index contributed by atoms with van der Waals surface area (Å²) in [6.45, 7) is 3.38. The van der Waals surface area contributed by atoms with Crippen molar-refractivity contribution in [3.63, 3.8) is 0 Å². The number of amides is 5. The average Bonchev–Trinajstić information content (AvgIpc) is 3.11. The van der Waals surface area contributed by atoms with E-state index in [4.69, 9.17) is 0 Å². The SMILES string of the molecule is CC1(C)S[C@@H]2[C@H](NC(=O)C(NC(=O)NC(=O)c3ccc(O)c(O)c3)c3ccc(O)cc3)C(=O)N2[C@H]1C(=O)O. The number of carboxylic acid groups (broad SMARTS) is 1. The monoisotopic (exact) mass is 544 g/mol. The van der Waals surface area contributed by atoms with Crippen LogP contribution in [0.5, 0.6) is 17.2 Å². The number of aliphatic carboxylic acids is 1. The Bertz CT molecular complexity index is 1330. The van der Waals surface area contributed by atoms with Crippen LogP contribution >= 0.6 is 11.8 Å². The van der Waals surface area contributed by atoms with Gasteiger partial charge in [0, 0.05) is 10.3 Å². The first-order valence-corrected chi connectivity index (χ1v) is 12.1. The molecule has 0 bridgehead atoms. The highest BCUT2D eigenvalue weighted by Gasteiger charge is 2.64. The number of nitrogens with zero attached hydrogens (tertiary/aromatic N) is 1. The van der Waals surface area contributed by atoms with Crippen molar-refractivity contribution in [3.05, 3.63) is 53.6 Å². The Morgan fingerprint density at radius 2 is 1.66 bits per heavy atom. The third-order valence-corrected chi connectivity index (χ3v) is 7.77. The van der Waals surface area contributed by atoms with Gasteiger partial charge >= 0.3 is 12.0 Å². The van der Waals surface area contributed by atoms with Crippen molar-refractivity contribution in [3.8, 4) is 17.2 Å². The highest BCUT2D eigenvalue weighted by molar-refractivity contribution is 8.01. The molecule has 4 atom stereocenters. The molecule has 7 N–H and O–H groups in total. The number of nitrogens with one attached hydrogen (secondary N) is 3. The van der Waals surface area contributed by atoms with Gasteiger partial charge < -0.3 is 36.0 Å². The van der Waals surface area contributed by atoms with Gasteiger partial charge in [0.05, 0.1) is 0 Å². The minimum Gasteiger partial charge on any atom is -0.508 e. The first-order valence-electron chi connectivity index (χ1n) is 11.3. The number of imide groups is 1. The normalized spacial score (nSPS) is 22.0.